The molecule has 27 heavy (non-hydrogen) atoms. The number of ether oxygens (including phenoxy) is 3. The quantitative estimate of drug-likeness (QED) is 0.695. The molecule has 0 saturated carbocycles. The molecular weight excluding hydrogens is 344 g/mol. The largest absolute Gasteiger partial charge is 0.497 e. The summed E-state index contributed by atoms with van der Waals surface area (Å²) >= 11 is 0. The second-order valence-electron chi connectivity index (χ2n) is 6.16. The Bertz CT molecular complexity index is 978. The van der Waals surface area contributed by atoms with Gasteiger partial charge >= 0.3 is 0 Å². The molecule has 0 aromatic heterocycles. The topological polar surface area (TPSA) is 65.0 Å². The van der Waals surface area contributed by atoms with Crippen LogP contribution in [0.4, 0.5) is 0 Å². The first-order chi connectivity index (χ1) is 13.2. The second kappa shape index (κ2) is 7.13. The lowest BCUT2D eigenvalue weighted by Gasteiger charge is -2.25. The molecule has 5 heteroatoms. The van der Waals surface area contributed by atoms with Crippen LogP contribution in [0.3, 0.4) is 0 Å². The van der Waals surface area contributed by atoms with E-state index in [0.717, 1.165) is 16.7 Å². The number of hydrogen-bond acceptors (Lipinski definition) is 5. The SMILES string of the molecule is COc1ccc(C(=O)COc2ccc3c(c2)OC(O)c2ccccc2-3)cc1. The van der Waals surface area contributed by atoms with Crippen LogP contribution in [0.2, 0.25) is 0 Å². The molecule has 0 fully saturated rings. The Hall–Kier alpha value is -3.31. The van der Waals surface area contributed by atoms with Crippen molar-refractivity contribution in [3.63, 3.8) is 0 Å². The molecule has 0 amide bonds. The molecule has 0 bridgehead atoms. The maximum Gasteiger partial charge on any atom is 0.224 e. The van der Waals surface area contributed by atoms with Gasteiger partial charge in [-0.1, -0.05) is 24.3 Å². The Morgan fingerprint density at radius 1 is 1.00 bits per heavy atom. The highest BCUT2D eigenvalue weighted by atomic mass is 16.6. The Morgan fingerprint density at radius 2 is 1.74 bits per heavy atom. The molecule has 0 spiro atoms. The number of aliphatic hydroxyl groups excluding tert-OH is 1. The predicted molar refractivity (Wildman–Crippen MR) is 100 cm³/mol. The highest BCUT2D eigenvalue weighted by molar-refractivity contribution is 5.97. The van der Waals surface area contributed by atoms with Crippen molar-refractivity contribution < 1.29 is 24.1 Å². The van der Waals surface area contributed by atoms with E-state index in [1.807, 2.05) is 30.3 Å². The number of aliphatic hydroxyl groups is 1. The van der Waals surface area contributed by atoms with E-state index in [0.29, 0.717) is 22.8 Å². The Balaban J connectivity index is 1.50. The van der Waals surface area contributed by atoms with E-state index in [1.165, 1.54) is 0 Å². The van der Waals surface area contributed by atoms with Gasteiger partial charge in [0.15, 0.2) is 12.4 Å². The van der Waals surface area contributed by atoms with Crippen molar-refractivity contribution in [3.05, 3.63) is 77.9 Å². The van der Waals surface area contributed by atoms with Gasteiger partial charge < -0.3 is 19.3 Å². The number of benzene rings is 3. The van der Waals surface area contributed by atoms with Gasteiger partial charge in [0.1, 0.15) is 17.2 Å². The average Bonchev–Trinajstić information content (AvgIpc) is 2.72. The lowest BCUT2D eigenvalue weighted by Crippen LogP contribution is -2.14. The van der Waals surface area contributed by atoms with Crippen molar-refractivity contribution >= 4 is 5.78 Å². The molecule has 1 unspecified atom stereocenters. The average molecular weight is 362 g/mol. The standard InChI is InChI=1S/C22H18O5/c1-25-15-8-6-14(7-9-15)20(23)13-26-16-10-11-18-17-4-2-3-5-19(17)22(24)27-21(18)12-16/h2-12,22,24H,13H2,1H3. The molecule has 4 rings (SSSR count). The van der Waals surface area contributed by atoms with Crippen LogP contribution in [-0.2, 0) is 0 Å². The monoisotopic (exact) mass is 362 g/mol. The Morgan fingerprint density at radius 3 is 2.52 bits per heavy atom. The van der Waals surface area contributed by atoms with Crippen LogP contribution in [0.25, 0.3) is 11.1 Å². The number of ketones is 1. The second-order valence-corrected chi connectivity index (χ2v) is 6.16. The van der Waals surface area contributed by atoms with Gasteiger partial charge in [0.25, 0.3) is 0 Å². The minimum atomic E-state index is -1.02. The van der Waals surface area contributed by atoms with Gasteiger partial charge in [0.2, 0.25) is 6.29 Å². The summed E-state index contributed by atoms with van der Waals surface area (Å²) in [5.74, 6) is 1.58. The third-order valence-corrected chi connectivity index (χ3v) is 4.49. The number of methoxy groups -OCH3 is 1. The normalized spacial score (nSPS) is 14.5. The van der Waals surface area contributed by atoms with Gasteiger partial charge in [-0.3, -0.25) is 4.79 Å². The van der Waals surface area contributed by atoms with E-state index >= 15 is 0 Å². The van der Waals surface area contributed by atoms with Gasteiger partial charge in [0, 0.05) is 22.8 Å². The molecule has 3 aromatic carbocycles. The summed E-state index contributed by atoms with van der Waals surface area (Å²) in [4.78, 5) is 12.3. The molecule has 1 heterocycles. The summed E-state index contributed by atoms with van der Waals surface area (Å²) in [6.07, 6.45) is -1.02. The first-order valence-corrected chi connectivity index (χ1v) is 8.54. The van der Waals surface area contributed by atoms with Crippen molar-refractivity contribution in [1.29, 1.82) is 0 Å². The number of carbonyl (C=O) groups excluding carboxylic acids is 1. The van der Waals surface area contributed by atoms with Crippen molar-refractivity contribution in [2.45, 2.75) is 6.29 Å². The maximum atomic E-state index is 12.3. The van der Waals surface area contributed by atoms with Gasteiger partial charge in [-0.2, -0.15) is 0 Å². The molecule has 1 aliphatic rings. The number of carbonyl (C=O) groups is 1. The van der Waals surface area contributed by atoms with E-state index in [-0.39, 0.29) is 12.4 Å². The summed E-state index contributed by atoms with van der Waals surface area (Å²) in [5.41, 5.74) is 3.08. The molecule has 0 aliphatic carbocycles. The molecule has 136 valence electrons. The predicted octanol–water partition coefficient (Wildman–Crippen LogP) is 4.01. The molecule has 0 radical (unpaired) electrons. The van der Waals surface area contributed by atoms with Crippen LogP contribution in [-0.4, -0.2) is 24.6 Å². The lowest BCUT2D eigenvalue weighted by molar-refractivity contribution is -0.0214. The van der Waals surface area contributed by atoms with Crippen molar-refractivity contribution in [1.82, 2.24) is 0 Å². The molecule has 1 atom stereocenters. The van der Waals surface area contributed by atoms with Crippen LogP contribution in [0.5, 0.6) is 17.2 Å². The van der Waals surface area contributed by atoms with Crippen LogP contribution in [0, 0.1) is 0 Å². The molecule has 3 aromatic rings. The summed E-state index contributed by atoms with van der Waals surface area (Å²) in [7, 11) is 1.58. The van der Waals surface area contributed by atoms with Crippen molar-refractivity contribution in [2.75, 3.05) is 13.7 Å². The van der Waals surface area contributed by atoms with Crippen molar-refractivity contribution in [3.8, 4) is 28.4 Å². The molecule has 0 saturated heterocycles. The van der Waals surface area contributed by atoms with E-state index in [9.17, 15) is 9.90 Å². The Kier molecular flexibility index (Phi) is 4.52. The summed E-state index contributed by atoms with van der Waals surface area (Å²) < 4.78 is 16.3. The maximum absolute atomic E-state index is 12.3. The van der Waals surface area contributed by atoms with Gasteiger partial charge in [0.05, 0.1) is 7.11 Å². The van der Waals surface area contributed by atoms with Gasteiger partial charge in [-0.15, -0.1) is 0 Å². The third-order valence-electron chi connectivity index (χ3n) is 4.49. The minimum Gasteiger partial charge on any atom is -0.497 e. The molecule has 5 nitrogen and oxygen atoms in total. The van der Waals surface area contributed by atoms with Crippen molar-refractivity contribution in [2.24, 2.45) is 0 Å². The fourth-order valence-electron chi connectivity index (χ4n) is 3.06. The number of hydrogen-bond donors (Lipinski definition) is 1. The van der Waals surface area contributed by atoms with Crippen LogP contribution in [0.15, 0.2) is 66.7 Å². The van der Waals surface area contributed by atoms with E-state index < -0.39 is 6.29 Å². The van der Waals surface area contributed by atoms with E-state index in [2.05, 4.69) is 0 Å². The fraction of sp³-hybridized carbons (Fsp3) is 0.136. The zero-order chi connectivity index (χ0) is 18.8. The zero-order valence-electron chi connectivity index (χ0n) is 14.7. The molecular formula is C22H18O5. The van der Waals surface area contributed by atoms with Crippen LogP contribution >= 0.6 is 0 Å². The minimum absolute atomic E-state index is 0.0930. The van der Waals surface area contributed by atoms with Crippen LogP contribution < -0.4 is 14.2 Å². The smallest absolute Gasteiger partial charge is 0.224 e. The summed E-state index contributed by atoms with van der Waals surface area (Å²) in [6.45, 7) is -0.0930. The summed E-state index contributed by atoms with van der Waals surface area (Å²) in [6, 6.07) is 19.8. The Labute approximate surface area is 156 Å². The summed E-state index contributed by atoms with van der Waals surface area (Å²) in [5, 5.41) is 10.2. The number of Topliss-reactive ketones (excluding diaryl/α,β-unsaturated/α-hetero) is 1. The molecule has 1 N–H and O–H groups in total. The van der Waals surface area contributed by atoms with E-state index in [1.54, 1.807) is 43.5 Å². The van der Waals surface area contributed by atoms with Crippen LogP contribution in [0.1, 0.15) is 22.2 Å². The van der Waals surface area contributed by atoms with Gasteiger partial charge in [-0.05, 0) is 42.0 Å². The fourth-order valence-corrected chi connectivity index (χ4v) is 3.06. The highest BCUT2D eigenvalue weighted by Gasteiger charge is 2.24. The third kappa shape index (κ3) is 3.37. The number of fused-ring (bicyclic) bond motifs is 3. The molecule has 1 aliphatic heterocycles. The van der Waals surface area contributed by atoms with Gasteiger partial charge in [-0.25, -0.2) is 0 Å². The first-order valence-electron chi connectivity index (χ1n) is 8.54. The number of rotatable bonds is 5. The lowest BCUT2D eigenvalue weighted by atomic mass is 9.96. The highest BCUT2D eigenvalue weighted by Crippen LogP contribution is 2.42. The zero-order valence-corrected chi connectivity index (χ0v) is 14.7. The first kappa shape index (κ1) is 17.1. The van der Waals surface area contributed by atoms with E-state index in [4.69, 9.17) is 14.2 Å².